The molecule has 0 aliphatic carbocycles. The summed E-state index contributed by atoms with van der Waals surface area (Å²) in [5.74, 6) is -0.753. The number of anilines is 1. The van der Waals surface area contributed by atoms with Gasteiger partial charge in [-0.15, -0.1) is 0 Å². The number of amides is 2. The van der Waals surface area contributed by atoms with E-state index in [0.29, 0.717) is 19.0 Å². The van der Waals surface area contributed by atoms with Gasteiger partial charge in [-0.25, -0.2) is 9.97 Å². The van der Waals surface area contributed by atoms with E-state index >= 15 is 0 Å². The summed E-state index contributed by atoms with van der Waals surface area (Å²) in [5, 5.41) is 17.9. The molecule has 9 heteroatoms. The van der Waals surface area contributed by atoms with Crippen molar-refractivity contribution in [3.63, 3.8) is 0 Å². The van der Waals surface area contributed by atoms with Crippen LogP contribution in [0.1, 0.15) is 51.0 Å². The first-order valence-corrected chi connectivity index (χ1v) is 13.1. The first-order chi connectivity index (χ1) is 18.7. The zero-order chi connectivity index (χ0) is 28.1. The predicted molar refractivity (Wildman–Crippen MR) is 151 cm³/mol. The van der Waals surface area contributed by atoms with Gasteiger partial charge in [0.25, 0.3) is 0 Å². The molecule has 0 unspecified atom stereocenters. The van der Waals surface area contributed by atoms with Crippen LogP contribution in [-0.2, 0) is 14.4 Å². The Bertz CT molecular complexity index is 1200. The van der Waals surface area contributed by atoms with Crippen LogP contribution in [0.25, 0.3) is 11.1 Å². The van der Waals surface area contributed by atoms with Gasteiger partial charge in [-0.1, -0.05) is 68.4 Å². The monoisotopic (exact) mass is 531 g/mol. The Kier molecular flexibility index (Phi) is 11.0. The first kappa shape index (κ1) is 29.3. The van der Waals surface area contributed by atoms with Crippen molar-refractivity contribution in [3.05, 3.63) is 78.6 Å². The summed E-state index contributed by atoms with van der Waals surface area (Å²) < 4.78 is 0. The molecule has 1 aromatic heterocycles. The molecule has 2 amide bonds. The van der Waals surface area contributed by atoms with E-state index in [1.54, 1.807) is 32.3 Å². The summed E-state index contributed by atoms with van der Waals surface area (Å²) >= 11 is 0. The molecule has 4 N–H and O–H groups in total. The van der Waals surface area contributed by atoms with Crippen molar-refractivity contribution in [2.24, 2.45) is 5.41 Å². The maximum absolute atomic E-state index is 12.5. The van der Waals surface area contributed by atoms with Crippen LogP contribution < -0.4 is 16.0 Å². The van der Waals surface area contributed by atoms with Crippen molar-refractivity contribution < 1.29 is 19.5 Å². The zero-order valence-electron chi connectivity index (χ0n) is 22.5. The zero-order valence-corrected chi connectivity index (χ0v) is 22.5. The first-order valence-electron chi connectivity index (χ1n) is 13.1. The normalized spacial score (nSPS) is 11.8. The van der Waals surface area contributed by atoms with Crippen LogP contribution in [0.3, 0.4) is 0 Å². The highest BCUT2D eigenvalue weighted by atomic mass is 16.4. The quantitative estimate of drug-likeness (QED) is 0.230. The third-order valence-electron chi connectivity index (χ3n) is 6.32. The van der Waals surface area contributed by atoms with Crippen molar-refractivity contribution >= 4 is 23.7 Å². The van der Waals surface area contributed by atoms with E-state index in [0.717, 1.165) is 23.1 Å². The van der Waals surface area contributed by atoms with E-state index in [1.165, 1.54) is 0 Å². The van der Waals surface area contributed by atoms with E-state index < -0.39 is 11.4 Å². The lowest BCUT2D eigenvalue weighted by Gasteiger charge is -2.21. The number of hydrogen-bond donors (Lipinski definition) is 4. The topological polar surface area (TPSA) is 133 Å². The summed E-state index contributed by atoms with van der Waals surface area (Å²) in [6, 6.07) is 20.3. The smallest absolute Gasteiger partial charge is 0.303 e. The minimum Gasteiger partial charge on any atom is -0.481 e. The van der Waals surface area contributed by atoms with Crippen molar-refractivity contribution in [2.75, 3.05) is 25.0 Å². The van der Waals surface area contributed by atoms with Gasteiger partial charge in [0.2, 0.25) is 17.8 Å². The van der Waals surface area contributed by atoms with Crippen molar-refractivity contribution in [1.29, 1.82) is 0 Å². The second-order valence-electron chi connectivity index (χ2n) is 10.3. The molecule has 0 spiro atoms. The Labute approximate surface area is 229 Å². The average Bonchev–Trinajstić information content (AvgIpc) is 2.90. The molecule has 0 saturated carbocycles. The van der Waals surface area contributed by atoms with Crippen molar-refractivity contribution in [2.45, 2.75) is 45.4 Å². The highest BCUT2D eigenvalue weighted by Gasteiger charge is 2.25. The van der Waals surface area contributed by atoms with Crippen LogP contribution in [0, 0.1) is 5.41 Å². The highest BCUT2D eigenvalue weighted by molar-refractivity contribution is 5.80. The molecule has 0 aliphatic rings. The van der Waals surface area contributed by atoms with Crippen LogP contribution >= 0.6 is 0 Å². The van der Waals surface area contributed by atoms with Crippen LogP contribution in [0.15, 0.2) is 73.1 Å². The number of hydrogen-bond acceptors (Lipinski definition) is 6. The molecule has 9 nitrogen and oxygen atoms in total. The molecular weight excluding hydrogens is 494 g/mol. The lowest BCUT2D eigenvalue weighted by molar-refractivity contribution is -0.139. The Hall–Kier alpha value is -4.27. The lowest BCUT2D eigenvalue weighted by atomic mass is 9.85. The molecule has 1 atom stereocenters. The van der Waals surface area contributed by atoms with Gasteiger partial charge in [0.05, 0.1) is 6.42 Å². The van der Waals surface area contributed by atoms with E-state index in [2.05, 4.69) is 62.3 Å². The number of benzene rings is 2. The number of aromatic nitrogens is 2. The van der Waals surface area contributed by atoms with Gasteiger partial charge in [-0.3, -0.25) is 14.4 Å². The number of carbonyl (C=O) groups excluding carboxylic acids is 2. The molecule has 1 heterocycles. The molecule has 0 saturated heterocycles. The molecule has 2 aromatic carbocycles. The van der Waals surface area contributed by atoms with Crippen molar-refractivity contribution in [1.82, 2.24) is 20.6 Å². The van der Waals surface area contributed by atoms with Gasteiger partial charge in [0.1, 0.15) is 0 Å². The van der Waals surface area contributed by atoms with Crippen LogP contribution in [0.4, 0.5) is 5.95 Å². The van der Waals surface area contributed by atoms with Gasteiger partial charge in [0.15, 0.2) is 0 Å². The number of nitrogens with zero attached hydrogens (tertiary/aromatic N) is 2. The largest absolute Gasteiger partial charge is 0.481 e. The molecule has 3 aromatic rings. The van der Waals surface area contributed by atoms with Gasteiger partial charge < -0.3 is 21.1 Å². The molecule has 0 radical (unpaired) electrons. The van der Waals surface area contributed by atoms with Crippen LogP contribution in [0.5, 0.6) is 0 Å². The van der Waals surface area contributed by atoms with E-state index in [4.69, 9.17) is 5.11 Å². The van der Waals surface area contributed by atoms with E-state index in [1.807, 2.05) is 18.2 Å². The average molecular weight is 532 g/mol. The second kappa shape index (κ2) is 14.6. The fourth-order valence-electron chi connectivity index (χ4n) is 4.32. The van der Waals surface area contributed by atoms with Crippen LogP contribution in [-0.4, -0.2) is 52.5 Å². The summed E-state index contributed by atoms with van der Waals surface area (Å²) in [6.07, 6.45) is 4.24. The molecule has 206 valence electrons. The summed E-state index contributed by atoms with van der Waals surface area (Å²) in [5.41, 5.74) is 2.73. The van der Waals surface area contributed by atoms with Gasteiger partial charge >= 0.3 is 5.97 Å². The third-order valence-corrected chi connectivity index (χ3v) is 6.32. The van der Waals surface area contributed by atoms with Gasteiger partial charge in [0, 0.05) is 50.8 Å². The Morgan fingerprint density at radius 2 is 1.49 bits per heavy atom. The summed E-state index contributed by atoms with van der Waals surface area (Å²) in [7, 11) is 0. The molecule has 0 aliphatic heterocycles. The highest BCUT2D eigenvalue weighted by Crippen LogP contribution is 2.25. The fourth-order valence-corrected chi connectivity index (χ4v) is 4.32. The standard InChI is InChI=1S/C30H37N5O4/c1-30(2,20-28(38)39)19-27(37)31-18-14-26(36)35-21-25(13-17-34-29-32-15-6-16-33-29)24-11-9-23(10-12-24)22-7-4-3-5-8-22/h3-12,15-16,25H,13-14,17-21H2,1-2H3,(H,31,37)(H,35,36)(H,38,39)(H,32,33,34)/t25-/m0/s1. The van der Waals surface area contributed by atoms with Gasteiger partial charge in [-0.05, 0) is 34.6 Å². The lowest BCUT2D eigenvalue weighted by Crippen LogP contribution is -2.35. The molecule has 0 bridgehead atoms. The minimum absolute atomic E-state index is 0.0568. The molecule has 3 rings (SSSR count). The Morgan fingerprint density at radius 3 is 2.15 bits per heavy atom. The van der Waals surface area contributed by atoms with Crippen LogP contribution in [0.2, 0.25) is 0 Å². The molecular formula is C30H37N5O4. The predicted octanol–water partition coefficient (Wildman–Crippen LogP) is 4.24. The second-order valence-corrected chi connectivity index (χ2v) is 10.3. The summed E-state index contributed by atoms with van der Waals surface area (Å²) in [4.78, 5) is 44.1. The maximum atomic E-state index is 12.5. The number of nitrogens with one attached hydrogen (secondary N) is 3. The minimum atomic E-state index is -0.942. The fraction of sp³-hybridized carbons (Fsp3) is 0.367. The summed E-state index contributed by atoms with van der Waals surface area (Å²) in [6.45, 7) is 4.74. The number of carbonyl (C=O) groups is 3. The number of aliphatic carboxylic acids is 1. The Balaban J connectivity index is 1.53. The van der Waals surface area contributed by atoms with E-state index in [-0.39, 0.29) is 43.5 Å². The Morgan fingerprint density at radius 1 is 0.821 bits per heavy atom. The van der Waals surface area contributed by atoms with E-state index in [9.17, 15) is 14.4 Å². The maximum Gasteiger partial charge on any atom is 0.303 e. The third kappa shape index (κ3) is 10.6. The SMILES string of the molecule is CC(C)(CC(=O)O)CC(=O)NCCC(=O)NC[C@H](CCNc1ncccn1)c1ccc(-c2ccccc2)cc1. The number of rotatable bonds is 15. The number of carboxylic acids is 1. The van der Waals surface area contributed by atoms with Crippen molar-refractivity contribution in [3.8, 4) is 11.1 Å². The number of carboxylic acid groups (broad SMARTS) is 1. The molecule has 0 fully saturated rings. The molecule has 39 heavy (non-hydrogen) atoms. The van der Waals surface area contributed by atoms with Gasteiger partial charge in [-0.2, -0.15) is 0 Å².